The lowest BCUT2D eigenvalue weighted by Crippen LogP contribution is -2.32. The SMILES string of the molecule is CCN(CC)c1nc(NN)nc(N(C)C2CCCC2)n1. The third-order valence-corrected chi connectivity index (χ3v) is 3.98. The predicted octanol–water partition coefficient (Wildman–Crippen LogP) is 1.38. The molecule has 20 heavy (non-hydrogen) atoms. The highest BCUT2D eigenvalue weighted by Crippen LogP contribution is 2.26. The third-order valence-electron chi connectivity index (χ3n) is 3.98. The van der Waals surface area contributed by atoms with Crippen molar-refractivity contribution in [3.8, 4) is 0 Å². The van der Waals surface area contributed by atoms with Crippen LogP contribution in [0.3, 0.4) is 0 Å². The molecule has 112 valence electrons. The van der Waals surface area contributed by atoms with Gasteiger partial charge in [0.25, 0.3) is 0 Å². The third kappa shape index (κ3) is 3.09. The topological polar surface area (TPSA) is 83.2 Å². The predicted molar refractivity (Wildman–Crippen MR) is 81.9 cm³/mol. The highest BCUT2D eigenvalue weighted by Gasteiger charge is 2.23. The van der Waals surface area contributed by atoms with E-state index in [0.29, 0.717) is 23.9 Å². The lowest BCUT2D eigenvalue weighted by molar-refractivity contribution is 0.635. The summed E-state index contributed by atoms with van der Waals surface area (Å²) in [5.41, 5.74) is 2.54. The second-order valence-corrected chi connectivity index (χ2v) is 5.12. The van der Waals surface area contributed by atoms with Gasteiger partial charge in [0.2, 0.25) is 17.8 Å². The summed E-state index contributed by atoms with van der Waals surface area (Å²) in [6, 6.07) is 0.521. The second kappa shape index (κ2) is 6.69. The van der Waals surface area contributed by atoms with Crippen LogP contribution < -0.4 is 21.1 Å². The summed E-state index contributed by atoms with van der Waals surface area (Å²) in [4.78, 5) is 17.6. The Hall–Kier alpha value is -1.63. The number of rotatable bonds is 6. The van der Waals surface area contributed by atoms with Gasteiger partial charge in [0, 0.05) is 26.2 Å². The summed E-state index contributed by atoms with van der Waals surface area (Å²) in [6.45, 7) is 5.89. The van der Waals surface area contributed by atoms with Gasteiger partial charge in [-0.15, -0.1) is 0 Å². The first-order valence-electron chi connectivity index (χ1n) is 7.40. The van der Waals surface area contributed by atoms with Gasteiger partial charge in [-0.05, 0) is 26.7 Å². The highest BCUT2D eigenvalue weighted by atomic mass is 15.4. The van der Waals surface area contributed by atoms with E-state index in [1.807, 2.05) is 0 Å². The molecule has 1 aliphatic carbocycles. The van der Waals surface area contributed by atoms with Gasteiger partial charge < -0.3 is 9.80 Å². The molecule has 2 rings (SSSR count). The fourth-order valence-electron chi connectivity index (χ4n) is 2.68. The maximum Gasteiger partial charge on any atom is 0.243 e. The van der Waals surface area contributed by atoms with E-state index in [0.717, 1.165) is 13.1 Å². The van der Waals surface area contributed by atoms with E-state index in [-0.39, 0.29) is 0 Å². The maximum absolute atomic E-state index is 5.48. The first kappa shape index (κ1) is 14.8. The first-order valence-corrected chi connectivity index (χ1v) is 7.40. The largest absolute Gasteiger partial charge is 0.341 e. The van der Waals surface area contributed by atoms with Gasteiger partial charge in [-0.2, -0.15) is 15.0 Å². The van der Waals surface area contributed by atoms with Gasteiger partial charge in [0.1, 0.15) is 0 Å². The molecule has 0 aliphatic heterocycles. The summed E-state index contributed by atoms with van der Waals surface area (Å²) in [6.07, 6.45) is 4.97. The van der Waals surface area contributed by atoms with Crippen LogP contribution in [0.25, 0.3) is 0 Å². The number of nitrogens with zero attached hydrogens (tertiary/aromatic N) is 5. The van der Waals surface area contributed by atoms with Crippen LogP contribution in [0.1, 0.15) is 39.5 Å². The zero-order valence-electron chi connectivity index (χ0n) is 12.6. The Kier molecular flexibility index (Phi) is 4.94. The monoisotopic (exact) mass is 279 g/mol. The van der Waals surface area contributed by atoms with Crippen molar-refractivity contribution in [2.75, 3.05) is 35.4 Å². The number of nitrogens with one attached hydrogen (secondary N) is 1. The molecule has 0 spiro atoms. The molecule has 0 unspecified atom stereocenters. The van der Waals surface area contributed by atoms with Crippen LogP contribution in [0.15, 0.2) is 0 Å². The van der Waals surface area contributed by atoms with E-state index in [2.05, 4.69) is 51.1 Å². The van der Waals surface area contributed by atoms with Crippen LogP contribution in [0, 0.1) is 0 Å². The molecular formula is C13H25N7. The molecule has 0 saturated heterocycles. The molecule has 1 aromatic rings. The number of nitrogen functional groups attached to an aromatic ring is 1. The van der Waals surface area contributed by atoms with Crippen LogP contribution in [-0.4, -0.2) is 41.1 Å². The van der Waals surface area contributed by atoms with Crippen molar-refractivity contribution in [3.05, 3.63) is 0 Å². The number of hydrogen-bond donors (Lipinski definition) is 2. The molecule has 0 bridgehead atoms. The average Bonchev–Trinajstić information content (AvgIpc) is 3.01. The number of hydrogen-bond acceptors (Lipinski definition) is 7. The Bertz CT molecular complexity index is 427. The van der Waals surface area contributed by atoms with Crippen molar-refractivity contribution in [1.82, 2.24) is 15.0 Å². The van der Waals surface area contributed by atoms with E-state index >= 15 is 0 Å². The molecule has 1 saturated carbocycles. The number of nitrogens with two attached hydrogens (primary N) is 1. The second-order valence-electron chi connectivity index (χ2n) is 5.12. The molecular weight excluding hydrogens is 254 g/mol. The quantitative estimate of drug-likeness (QED) is 0.601. The average molecular weight is 279 g/mol. The zero-order valence-corrected chi connectivity index (χ0v) is 12.6. The Morgan fingerprint density at radius 1 is 1.10 bits per heavy atom. The minimum atomic E-state index is 0.418. The number of hydrazine groups is 1. The van der Waals surface area contributed by atoms with Crippen molar-refractivity contribution in [2.45, 2.75) is 45.6 Å². The zero-order chi connectivity index (χ0) is 14.5. The van der Waals surface area contributed by atoms with E-state index in [4.69, 9.17) is 5.84 Å². The van der Waals surface area contributed by atoms with Crippen molar-refractivity contribution in [2.24, 2.45) is 5.84 Å². The van der Waals surface area contributed by atoms with Crippen LogP contribution in [-0.2, 0) is 0 Å². The summed E-state index contributed by atoms with van der Waals surface area (Å²) >= 11 is 0. The summed E-state index contributed by atoms with van der Waals surface area (Å²) < 4.78 is 0. The molecule has 0 radical (unpaired) electrons. The maximum atomic E-state index is 5.48. The van der Waals surface area contributed by atoms with Crippen molar-refractivity contribution < 1.29 is 0 Å². The Morgan fingerprint density at radius 3 is 2.25 bits per heavy atom. The molecule has 0 aromatic carbocycles. The van der Waals surface area contributed by atoms with E-state index < -0.39 is 0 Å². The summed E-state index contributed by atoms with van der Waals surface area (Å²) in [7, 11) is 2.05. The minimum absolute atomic E-state index is 0.418. The van der Waals surface area contributed by atoms with Crippen molar-refractivity contribution in [1.29, 1.82) is 0 Å². The van der Waals surface area contributed by atoms with Crippen LogP contribution in [0.2, 0.25) is 0 Å². The van der Waals surface area contributed by atoms with Crippen LogP contribution in [0.5, 0.6) is 0 Å². The molecule has 0 atom stereocenters. The van der Waals surface area contributed by atoms with Gasteiger partial charge in [-0.3, -0.25) is 5.43 Å². The molecule has 1 fully saturated rings. The van der Waals surface area contributed by atoms with E-state index in [1.54, 1.807) is 0 Å². The van der Waals surface area contributed by atoms with Gasteiger partial charge in [0.15, 0.2) is 0 Å². The van der Waals surface area contributed by atoms with E-state index in [1.165, 1.54) is 25.7 Å². The van der Waals surface area contributed by atoms with Crippen LogP contribution >= 0.6 is 0 Å². The standard InChI is InChI=1S/C13H25N7/c1-4-20(5-2)13-16-11(18-14)15-12(17-13)19(3)10-8-6-7-9-10/h10H,4-9,14H2,1-3H3,(H,15,16,17,18). The van der Waals surface area contributed by atoms with Gasteiger partial charge in [-0.25, -0.2) is 5.84 Å². The first-order chi connectivity index (χ1) is 9.69. The lowest BCUT2D eigenvalue weighted by Gasteiger charge is -2.26. The van der Waals surface area contributed by atoms with Gasteiger partial charge in [0.05, 0.1) is 0 Å². The molecule has 1 aromatic heterocycles. The molecule has 7 heteroatoms. The Labute approximate surface area is 120 Å². The molecule has 7 nitrogen and oxygen atoms in total. The van der Waals surface area contributed by atoms with Crippen LogP contribution in [0.4, 0.5) is 17.8 Å². The molecule has 1 heterocycles. The Balaban J connectivity index is 2.29. The van der Waals surface area contributed by atoms with Gasteiger partial charge in [-0.1, -0.05) is 12.8 Å². The van der Waals surface area contributed by atoms with Gasteiger partial charge >= 0.3 is 0 Å². The minimum Gasteiger partial charge on any atom is -0.341 e. The summed E-state index contributed by atoms with van der Waals surface area (Å²) in [5.74, 6) is 7.28. The normalized spacial score (nSPS) is 15.4. The van der Waals surface area contributed by atoms with Crippen molar-refractivity contribution in [3.63, 3.8) is 0 Å². The molecule has 1 aliphatic rings. The van der Waals surface area contributed by atoms with Crippen molar-refractivity contribution >= 4 is 17.8 Å². The lowest BCUT2D eigenvalue weighted by atomic mass is 10.2. The smallest absolute Gasteiger partial charge is 0.243 e. The summed E-state index contributed by atoms with van der Waals surface area (Å²) in [5, 5.41) is 0. The number of aromatic nitrogens is 3. The van der Waals surface area contributed by atoms with E-state index in [9.17, 15) is 0 Å². The number of anilines is 3. The molecule has 3 N–H and O–H groups in total. The Morgan fingerprint density at radius 2 is 1.70 bits per heavy atom. The fourth-order valence-corrected chi connectivity index (χ4v) is 2.68. The fraction of sp³-hybridized carbons (Fsp3) is 0.769. The highest BCUT2D eigenvalue weighted by molar-refractivity contribution is 5.45. The molecule has 0 amide bonds.